The molecule has 1 N–H and O–H groups in total. The third kappa shape index (κ3) is 3.93. The van der Waals surface area contributed by atoms with Crippen molar-refractivity contribution in [2.24, 2.45) is 0 Å². The number of rotatable bonds is 5. The fourth-order valence-electron chi connectivity index (χ4n) is 2.44. The number of aromatic nitrogens is 1. The molecule has 0 radical (unpaired) electrons. The van der Waals surface area contributed by atoms with Crippen LogP contribution in [0.5, 0.6) is 0 Å². The highest BCUT2D eigenvalue weighted by Crippen LogP contribution is 2.27. The summed E-state index contributed by atoms with van der Waals surface area (Å²) in [5.41, 5.74) is 3.70. The maximum absolute atomic E-state index is 12.8. The minimum Gasteiger partial charge on any atom is -0.352 e. The number of nitrogens with one attached hydrogen (secondary N) is 1. The highest BCUT2D eigenvalue weighted by Gasteiger charge is 2.16. The summed E-state index contributed by atoms with van der Waals surface area (Å²) in [5.74, 6) is -0.296. The smallest absolute Gasteiger partial charge is 0.247 e. The summed E-state index contributed by atoms with van der Waals surface area (Å²) in [6.45, 7) is 2.50. The van der Waals surface area contributed by atoms with Crippen molar-refractivity contribution in [3.8, 4) is 0 Å². The third-order valence-electron chi connectivity index (χ3n) is 3.69. The Morgan fingerprint density at radius 2 is 2.13 bits per heavy atom. The van der Waals surface area contributed by atoms with E-state index >= 15 is 0 Å². The summed E-state index contributed by atoms with van der Waals surface area (Å²) < 4.78 is 12.8. The number of carbonyl (C=O) groups is 1. The fourth-order valence-corrected chi connectivity index (χ4v) is 3.07. The number of nitrogens with zero attached hydrogens (tertiary/aromatic N) is 1. The van der Waals surface area contributed by atoms with Crippen LogP contribution in [0.3, 0.4) is 0 Å². The van der Waals surface area contributed by atoms with Gasteiger partial charge in [0.1, 0.15) is 5.82 Å². The van der Waals surface area contributed by atoms with Gasteiger partial charge in [-0.3, -0.25) is 4.79 Å². The molecular weight excluding hydrogens is 311 g/mol. The van der Waals surface area contributed by atoms with E-state index in [0.29, 0.717) is 19.4 Å². The number of allylic oxidation sites excluding steroid dienone is 3. The van der Waals surface area contributed by atoms with Gasteiger partial charge in [0.25, 0.3) is 0 Å². The molecule has 5 heteroatoms. The van der Waals surface area contributed by atoms with Gasteiger partial charge in [-0.15, -0.1) is 11.3 Å². The van der Waals surface area contributed by atoms with Crippen LogP contribution in [0.25, 0.3) is 5.57 Å². The van der Waals surface area contributed by atoms with Gasteiger partial charge in [0.15, 0.2) is 0 Å². The van der Waals surface area contributed by atoms with Gasteiger partial charge in [-0.05, 0) is 49.1 Å². The second-order valence-electron chi connectivity index (χ2n) is 5.42. The molecule has 1 amide bonds. The highest BCUT2D eigenvalue weighted by molar-refractivity contribution is 7.09. The minimum absolute atomic E-state index is 0.0506. The lowest BCUT2D eigenvalue weighted by Crippen LogP contribution is -2.26. The second kappa shape index (κ2) is 6.87. The van der Waals surface area contributed by atoms with Crippen LogP contribution in [0, 0.1) is 12.7 Å². The van der Waals surface area contributed by atoms with Gasteiger partial charge in [-0.1, -0.05) is 18.2 Å². The average molecular weight is 328 g/mol. The minimum atomic E-state index is -0.246. The van der Waals surface area contributed by atoms with Gasteiger partial charge >= 0.3 is 0 Å². The normalized spacial score (nSPS) is 13.7. The number of aryl methyl sites for hydroxylation is 1. The van der Waals surface area contributed by atoms with E-state index in [1.165, 1.54) is 12.1 Å². The Labute approximate surface area is 138 Å². The average Bonchev–Trinajstić information content (AvgIpc) is 3.18. The lowest BCUT2D eigenvalue weighted by molar-refractivity contribution is -0.117. The molecule has 118 valence electrons. The molecule has 1 aromatic carbocycles. The van der Waals surface area contributed by atoms with E-state index in [2.05, 4.69) is 10.3 Å². The quantitative estimate of drug-likeness (QED) is 0.910. The summed E-state index contributed by atoms with van der Waals surface area (Å²) in [7, 11) is 0. The van der Waals surface area contributed by atoms with Crippen molar-refractivity contribution in [2.75, 3.05) is 6.54 Å². The number of halogens is 1. The van der Waals surface area contributed by atoms with E-state index in [9.17, 15) is 9.18 Å². The van der Waals surface area contributed by atoms with Crippen LogP contribution in [-0.4, -0.2) is 17.4 Å². The van der Waals surface area contributed by atoms with Crippen molar-refractivity contribution >= 4 is 22.8 Å². The predicted molar refractivity (Wildman–Crippen MR) is 90.6 cm³/mol. The number of hydrogen-bond donors (Lipinski definition) is 1. The monoisotopic (exact) mass is 328 g/mol. The van der Waals surface area contributed by atoms with Gasteiger partial charge in [-0.25, -0.2) is 9.37 Å². The van der Waals surface area contributed by atoms with E-state index in [1.807, 2.05) is 24.5 Å². The molecule has 1 heterocycles. The molecule has 0 bridgehead atoms. The van der Waals surface area contributed by atoms with Gasteiger partial charge < -0.3 is 5.32 Å². The summed E-state index contributed by atoms with van der Waals surface area (Å²) in [6.07, 6.45) is 5.25. The molecule has 0 unspecified atom stereocenters. The van der Waals surface area contributed by atoms with E-state index in [-0.39, 0.29) is 11.7 Å². The molecule has 3 nitrogen and oxygen atoms in total. The van der Waals surface area contributed by atoms with Crippen LogP contribution in [0.4, 0.5) is 4.39 Å². The molecule has 23 heavy (non-hydrogen) atoms. The molecule has 0 atom stereocenters. The summed E-state index contributed by atoms with van der Waals surface area (Å²) in [6, 6.07) is 6.34. The Hall–Kier alpha value is -2.27. The van der Waals surface area contributed by atoms with Crippen LogP contribution in [0.2, 0.25) is 0 Å². The molecule has 0 saturated carbocycles. The predicted octanol–water partition coefficient (Wildman–Crippen LogP) is 3.66. The molecule has 0 aliphatic heterocycles. The standard InChI is InChI=1S/C18H17FN2OS/c1-12-21-17(11-23-12)14-4-5-15(10-14)18(22)20-9-8-13-2-6-16(19)7-3-13/h2-4,6-7,10-11H,5,8-9H2,1H3,(H,20,22). The Bertz CT molecular complexity index is 775. The Balaban J connectivity index is 1.52. The zero-order valence-electron chi connectivity index (χ0n) is 12.8. The van der Waals surface area contributed by atoms with Crippen molar-refractivity contribution in [3.63, 3.8) is 0 Å². The Morgan fingerprint density at radius 3 is 2.83 bits per heavy atom. The molecule has 0 saturated heterocycles. The van der Waals surface area contributed by atoms with E-state index < -0.39 is 0 Å². The van der Waals surface area contributed by atoms with Crippen LogP contribution in [-0.2, 0) is 11.2 Å². The summed E-state index contributed by atoms with van der Waals surface area (Å²) >= 11 is 1.60. The van der Waals surface area contributed by atoms with Crippen molar-refractivity contribution in [3.05, 3.63) is 69.5 Å². The Kier molecular flexibility index (Phi) is 4.67. The van der Waals surface area contributed by atoms with E-state index in [4.69, 9.17) is 0 Å². The van der Waals surface area contributed by atoms with Crippen molar-refractivity contribution < 1.29 is 9.18 Å². The maximum Gasteiger partial charge on any atom is 0.247 e. The Morgan fingerprint density at radius 1 is 1.35 bits per heavy atom. The van der Waals surface area contributed by atoms with E-state index in [1.54, 1.807) is 23.5 Å². The van der Waals surface area contributed by atoms with Gasteiger partial charge in [0, 0.05) is 17.5 Å². The first kappa shape index (κ1) is 15.6. The van der Waals surface area contributed by atoms with E-state index in [0.717, 1.165) is 27.4 Å². The fraction of sp³-hybridized carbons (Fsp3) is 0.222. The molecule has 3 rings (SSSR count). The first-order chi connectivity index (χ1) is 11.1. The molecule has 1 aliphatic rings. The maximum atomic E-state index is 12.8. The molecule has 1 aliphatic carbocycles. The number of carbonyl (C=O) groups excluding carboxylic acids is 1. The molecular formula is C18H17FN2OS. The zero-order chi connectivity index (χ0) is 16.2. The van der Waals surface area contributed by atoms with Crippen LogP contribution < -0.4 is 5.32 Å². The summed E-state index contributed by atoms with van der Waals surface area (Å²) in [5, 5.41) is 5.94. The van der Waals surface area contributed by atoms with Crippen LogP contribution >= 0.6 is 11.3 Å². The van der Waals surface area contributed by atoms with Crippen LogP contribution in [0.15, 0.2) is 47.4 Å². The second-order valence-corrected chi connectivity index (χ2v) is 6.48. The van der Waals surface area contributed by atoms with Crippen LogP contribution in [0.1, 0.15) is 22.7 Å². The number of amides is 1. The lowest BCUT2D eigenvalue weighted by Gasteiger charge is -2.05. The molecule has 0 fully saturated rings. The van der Waals surface area contributed by atoms with Gasteiger partial charge in [-0.2, -0.15) is 0 Å². The first-order valence-corrected chi connectivity index (χ1v) is 8.35. The number of hydrogen-bond acceptors (Lipinski definition) is 3. The molecule has 0 spiro atoms. The summed E-state index contributed by atoms with van der Waals surface area (Å²) in [4.78, 5) is 16.6. The topological polar surface area (TPSA) is 42.0 Å². The van der Waals surface area contributed by atoms with Crippen molar-refractivity contribution in [1.29, 1.82) is 0 Å². The molecule has 1 aromatic heterocycles. The first-order valence-electron chi connectivity index (χ1n) is 7.48. The largest absolute Gasteiger partial charge is 0.352 e. The SMILES string of the molecule is Cc1nc(C2=CCC(C(=O)NCCc3ccc(F)cc3)=C2)cs1. The zero-order valence-corrected chi connectivity index (χ0v) is 13.6. The van der Waals surface area contributed by atoms with Crippen molar-refractivity contribution in [1.82, 2.24) is 10.3 Å². The van der Waals surface area contributed by atoms with Crippen molar-refractivity contribution in [2.45, 2.75) is 19.8 Å². The molecule has 2 aromatic rings. The van der Waals surface area contributed by atoms with Gasteiger partial charge in [0.05, 0.1) is 10.7 Å². The number of thiazole rings is 1. The van der Waals surface area contributed by atoms with Gasteiger partial charge in [0.2, 0.25) is 5.91 Å². The lowest BCUT2D eigenvalue weighted by atomic mass is 10.1. The highest BCUT2D eigenvalue weighted by atomic mass is 32.1. The third-order valence-corrected chi connectivity index (χ3v) is 4.46. The number of benzene rings is 1.